The lowest BCUT2D eigenvalue weighted by Gasteiger charge is -2.24. The Kier molecular flexibility index (Phi) is 4.83. The van der Waals surface area contributed by atoms with Crippen molar-refractivity contribution in [3.8, 4) is 11.5 Å². The number of anilines is 1. The zero-order valence-electron chi connectivity index (χ0n) is 17.2. The van der Waals surface area contributed by atoms with E-state index >= 15 is 0 Å². The van der Waals surface area contributed by atoms with Gasteiger partial charge in [-0.2, -0.15) is 0 Å². The average molecular weight is 449 g/mol. The first-order valence-corrected chi connectivity index (χ1v) is 10.1. The topological polar surface area (TPSA) is 81.9 Å². The van der Waals surface area contributed by atoms with E-state index in [9.17, 15) is 9.59 Å². The van der Waals surface area contributed by atoms with Crippen molar-refractivity contribution in [2.45, 2.75) is 6.04 Å². The first kappa shape index (κ1) is 20.1. The van der Waals surface area contributed by atoms with Gasteiger partial charge in [-0.1, -0.05) is 23.7 Å². The van der Waals surface area contributed by atoms with Crippen molar-refractivity contribution in [2.24, 2.45) is 0 Å². The number of pyridine rings is 1. The molecule has 2 aromatic heterocycles. The van der Waals surface area contributed by atoms with Gasteiger partial charge in [-0.25, -0.2) is 4.98 Å². The van der Waals surface area contributed by atoms with Crippen LogP contribution in [0.1, 0.15) is 27.7 Å². The molecule has 0 unspecified atom stereocenters. The van der Waals surface area contributed by atoms with Crippen LogP contribution in [0.2, 0.25) is 5.02 Å². The van der Waals surface area contributed by atoms with Crippen molar-refractivity contribution in [3.63, 3.8) is 0 Å². The van der Waals surface area contributed by atoms with E-state index in [2.05, 4.69) is 4.98 Å². The van der Waals surface area contributed by atoms with Crippen molar-refractivity contribution in [1.82, 2.24) is 4.98 Å². The maximum atomic E-state index is 13.6. The van der Waals surface area contributed by atoms with Gasteiger partial charge in [-0.3, -0.25) is 14.5 Å². The van der Waals surface area contributed by atoms with Crippen LogP contribution in [-0.4, -0.2) is 25.1 Å². The van der Waals surface area contributed by atoms with E-state index in [1.54, 1.807) is 60.8 Å². The predicted molar refractivity (Wildman–Crippen MR) is 120 cm³/mol. The second-order valence-corrected chi connectivity index (χ2v) is 7.63. The summed E-state index contributed by atoms with van der Waals surface area (Å²) < 4.78 is 16.7. The molecule has 0 saturated carbocycles. The first-order chi connectivity index (χ1) is 15.5. The van der Waals surface area contributed by atoms with E-state index in [0.29, 0.717) is 38.9 Å². The summed E-state index contributed by atoms with van der Waals surface area (Å²) in [5.74, 6) is 0.926. The molecule has 1 amide bonds. The zero-order valence-corrected chi connectivity index (χ0v) is 17.9. The number of amides is 1. The van der Waals surface area contributed by atoms with Gasteiger partial charge in [0.25, 0.3) is 5.91 Å². The number of hydrogen-bond acceptors (Lipinski definition) is 6. The Morgan fingerprint density at radius 1 is 1.00 bits per heavy atom. The third-order valence-corrected chi connectivity index (χ3v) is 5.69. The van der Waals surface area contributed by atoms with Crippen LogP contribution in [-0.2, 0) is 0 Å². The summed E-state index contributed by atoms with van der Waals surface area (Å²) >= 11 is 6.12. The summed E-state index contributed by atoms with van der Waals surface area (Å²) in [4.78, 5) is 32.9. The number of aromatic nitrogens is 1. The molecule has 1 aliphatic rings. The van der Waals surface area contributed by atoms with Gasteiger partial charge >= 0.3 is 0 Å². The summed E-state index contributed by atoms with van der Waals surface area (Å²) in [5.41, 5.74) is 0.840. The summed E-state index contributed by atoms with van der Waals surface area (Å²) in [7, 11) is 3.06. The highest BCUT2D eigenvalue weighted by molar-refractivity contribution is 6.31. The summed E-state index contributed by atoms with van der Waals surface area (Å²) in [6.45, 7) is 0. The van der Waals surface area contributed by atoms with Crippen LogP contribution in [0, 0.1) is 0 Å². The summed E-state index contributed by atoms with van der Waals surface area (Å²) in [6.07, 6.45) is 1.59. The number of carbonyl (C=O) groups excluding carboxylic acids is 1. The molecular weight excluding hydrogens is 432 g/mol. The third kappa shape index (κ3) is 3.01. The smallest absolute Gasteiger partial charge is 0.296 e. The Morgan fingerprint density at radius 3 is 2.53 bits per heavy atom. The van der Waals surface area contributed by atoms with Crippen LogP contribution < -0.4 is 19.8 Å². The second kappa shape index (κ2) is 7.69. The van der Waals surface area contributed by atoms with Crippen LogP contribution in [0.15, 0.2) is 70.0 Å². The molecule has 4 aromatic rings. The SMILES string of the molecule is COc1ccc([C@@H]2c3c(oc4ccc(Cl)cc4c3=O)C(=O)N2c2ccccn2)cc1OC. The number of carbonyl (C=O) groups is 1. The zero-order chi connectivity index (χ0) is 22.4. The molecule has 7 nitrogen and oxygen atoms in total. The molecule has 160 valence electrons. The molecule has 2 aromatic carbocycles. The van der Waals surface area contributed by atoms with Crippen molar-refractivity contribution >= 4 is 34.3 Å². The molecule has 5 rings (SSSR count). The standard InChI is InChI=1S/C24H17ClN2O5/c1-30-17-8-6-13(11-18(17)31-2)21-20-22(28)15-12-14(25)7-9-16(15)32-23(20)24(29)27(21)19-5-3-4-10-26-19/h3-12,21H,1-2H3/t21-/m1/s1. The van der Waals surface area contributed by atoms with Crippen molar-refractivity contribution in [3.05, 3.63) is 92.9 Å². The van der Waals surface area contributed by atoms with E-state index in [-0.39, 0.29) is 16.8 Å². The van der Waals surface area contributed by atoms with E-state index in [1.807, 2.05) is 0 Å². The van der Waals surface area contributed by atoms with Gasteiger partial charge in [0.15, 0.2) is 16.9 Å². The van der Waals surface area contributed by atoms with Gasteiger partial charge in [0.2, 0.25) is 5.76 Å². The number of benzene rings is 2. The van der Waals surface area contributed by atoms with Gasteiger partial charge in [0.1, 0.15) is 11.4 Å². The van der Waals surface area contributed by atoms with Crippen LogP contribution in [0.4, 0.5) is 5.82 Å². The Hall–Kier alpha value is -3.84. The lowest BCUT2D eigenvalue weighted by Crippen LogP contribution is -2.30. The van der Waals surface area contributed by atoms with Crippen molar-refractivity contribution < 1.29 is 18.7 Å². The van der Waals surface area contributed by atoms with Gasteiger partial charge in [-0.15, -0.1) is 0 Å². The van der Waals surface area contributed by atoms with E-state index < -0.39 is 11.9 Å². The quantitative estimate of drug-likeness (QED) is 0.453. The minimum absolute atomic E-state index is 0.0183. The summed E-state index contributed by atoms with van der Waals surface area (Å²) in [6, 6.07) is 14.5. The number of fused-ring (bicyclic) bond motifs is 2. The predicted octanol–water partition coefficient (Wildman–Crippen LogP) is 4.61. The highest BCUT2D eigenvalue weighted by Gasteiger charge is 2.44. The molecule has 3 heterocycles. The van der Waals surface area contributed by atoms with Crippen molar-refractivity contribution in [1.29, 1.82) is 0 Å². The number of ether oxygens (including phenoxy) is 2. The van der Waals surface area contributed by atoms with Crippen LogP contribution in [0.3, 0.4) is 0 Å². The second-order valence-electron chi connectivity index (χ2n) is 7.19. The van der Waals surface area contributed by atoms with Gasteiger partial charge in [-0.05, 0) is 48.0 Å². The minimum atomic E-state index is -0.771. The molecule has 0 saturated heterocycles. The molecule has 0 aliphatic carbocycles. The fourth-order valence-electron chi connectivity index (χ4n) is 4.02. The normalized spacial score (nSPS) is 15.2. The van der Waals surface area contributed by atoms with E-state index in [0.717, 1.165) is 0 Å². The molecule has 0 bridgehead atoms. The average Bonchev–Trinajstić information content (AvgIpc) is 3.12. The van der Waals surface area contributed by atoms with E-state index in [4.69, 9.17) is 25.5 Å². The Balaban J connectivity index is 1.82. The fourth-order valence-corrected chi connectivity index (χ4v) is 4.19. The van der Waals surface area contributed by atoms with Crippen LogP contribution >= 0.6 is 11.6 Å². The maximum absolute atomic E-state index is 13.6. The molecular formula is C24H17ClN2O5. The number of methoxy groups -OCH3 is 2. The molecule has 1 atom stereocenters. The number of nitrogens with zero attached hydrogens (tertiary/aromatic N) is 2. The number of rotatable bonds is 4. The van der Waals surface area contributed by atoms with Gasteiger partial charge in [0, 0.05) is 11.2 Å². The monoisotopic (exact) mass is 448 g/mol. The maximum Gasteiger partial charge on any atom is 0.296 e. The number of hydrogen-bond donors (Lipinski definition) is 0. The van der Waals surface area contributed by atoms with Crippen molar-refractivity contribution in [2.75, 3.05) is 19.1 Å². The molecule has 0 radical (unpaired) electrons. The third-order valence-electron chi connectivity index (χ3n) is 5.45. The summed E-state index contributed by atoms with van der Waals surface area (Å²) in [5, 5.41) is 0.704. The molecule has 0 spiro atoms. The highest BCUT2D eigenvalue weighted by Crippen LogP contribution is 2.42. The Morgan fingerprint density at radius 2 is 1.81 bits per heavy atom. The molecule has 1 aliphatic heterocycles. The van der Waals surface area contributed by atoms with Gasteiger partial charge in [0.05, 0.1) is 31.2 Å². The number of halogens is 1. The lowest BCUT2D eigenvalue weighted by molar-refractivity contribution is 0.0970. The largest absolute Gasteiger partial charge is 0.493 e. The highest BCUT2D eigenvalue weighted by atomic mass is 35.5. The van der Waals surface area contributed by atoms with Crippen LogP contribution in [0.25, 0.3) is 11.0 Å². The molecule has 8 heteroatoms. The minimum Gasteiger partial charge on any atom is -0.493 e. The van der Waals surface area contributed by atoms with E-state index in [1.165, 1.54) is 19.1 Å². The Bertz CT molecular complexity index is 1420. The van der Waals surface area contributed by atoms with Gasteiger partial charge < -0.3 is 13.9 Å². The fraction of sp³-hybridized carbons (Fsp3) is 0.125. The Labute approximate surface area is 187 Å². The first-order valence-electron chi connectivity index (χ1n) is 9.76. The lowest BCUT2D eigenvalue weighted by atomic mass is 9.98. The molecule has 0 fully saturated rings. The van der Waals surface area contributed by atoms with Crippen LogP contribution in [0.5, 0.6) is 11.5 Å². The molecule has 32 heavy (non-hydrogen) atoms. The molecule has 0 N–H and O–H groups in total.